The number of halogens is 1. The number of fused-ring (bicyclic) bond motifs is 1. The van der Waals surface area contributed by atoms with Crippen LogP contribution in [0.1, 0.15) is 25.0 Å². The number of benzene rings is 1. The van der Waals surface area contributed by atoms with Crippen molar-refractivity contribution in [2.45, 2.75) is 26.8 Å². The number of aromatic amines is 1. The first-order valence-electron chi connectivity index (χ1n) is 10.0. The number of aromatic nitrogens is 2. The van der Waals surface area contributed by atoms with E-state index in [2.05, 4.69) is 56.5 Å². The number of rotatable bonds is 8. The van der Waals surface area contributed by atoms with Gasteiger partial charge in [-0.05, 0) is 55.7 Å². The minimum absolute atomic E-state index is 0.218. The summed E-state index contributed by atoms with van der Waals surface area (Å²) < 4.78 is 13.5. The molecule has 6 nitrogen and oxygen atoms in total. The molecule has 0 saturated heterocycles. The lowest BCUT2D eigenvalue weighted by molar-refractivity contribution is 0.629. The first-order chi connectivity index (χ1) is 14.1. The van der Waals surface area contributed by atoms with Crippen LogP contribution < -0.4 is 15.5 Å². The molecule has 0 amide bonds. The number of H-pyrrole nitrogens is 1. The lowest BCUT2D eigenvalue weighted by Gasteiger charge is -2.19. The van der Waals surface area contributed by atoms with E-state index in [9.17, 15) is 4.39 Å². The van der Waals surface area contributed by atoms with E-state index in [1.807, 2.05) is 12.4 Å². The van der Waals surface area contributed by atoms with Crippen LogP contribution in [0.4, 0.5) is 10.2 Å². The van der Waals surface area contributed by atoms with Gasteiger partial charge >= 0.3 is 0 Å². The molecule has 3 N–H and O–H groups in total. The van der Waals surface area contributed by atoms with E-state index in [-0.39, 0.29) is 5.82 Å². The second-order valence-electron chi connectivity index (χ2n) is 6.80. The molecule has 3 aromatic rings. The topological polar surface area (TPSA) is 68.3 Å². The van der Waals surface area contributed by atoms with Gasteiger partial charge in [0.2, 0.25) is 0 Å². The van der Waals surface area contributed by atoms with Gasteiger partial charge in [-0.3, -0.25) is 4.99 Å². The standard InChI is InChI=1S/C22H29FN6/c1-4-29(5-2)21-9-6-16(13-27-21)14-28-22(24-3)25-11-10-17-15-26-20-8-7-18(23)12-19(17)20/h6-9,12-13,15,26H,4-5,10-11,14H2,1-3H3,(H2,24,25,28). The zero-order valence-corrected chi connectivity index (χ0v) is 17.3. The van der Waals surface area contributed by atoms with Crippen molar-refractivity contribution in [1.82, 2.24) is 20.6 Å². The normalized spacial score (nSPS) is 11.7. The predicted molar refractivity (Wildman–Crippen MR) is 118 cm³/mol. The van der Waals surface area contributed by atoms with Crippen molar-refractivity contribution in [2.24, 2.45) is 4.99 Å². The summed E-state index contributed by atoms with van der Waals surface area (Å²) in [5, 5.41) is 7.54. The second-order valence-corrected chi connectivity index (χ2v) is 6.80. The van der Waals surface area contributed by atoms with Crippen LogP contribution in [0.5, 0.6) is 0 Å². The molecule has 0 atom stereocenters. The Balaban J connectivity index is 1.50. The van der Waals surface area contributed by atoms with E-state index >= 15 is 0 Å². The number of aliphatic imine (C=N–C) groups is 1. The molecule has 0 aliphatic rings. The highest BCUT2D eigenvalue weighted by Gasteiger charge is 2.06. The van der Waals surface area contributed by atoms with Crippen molar-refractivity contribution in [3.05, 3.63) is 59.7 Å². The molecule has 3 rings (SSSR count). The maximum absolute atomic E-state index is 13.5. The van der Waals surface area contributed by atoms with Crippen LogP contribution in [-0.2, 0) is 13.0 Å². The Morgan fingerprint density at radius 2 is 2.00 bits per heavy atom. The van der Waals surface area contributed by atoms with Gasteiger partial charge in [0.1, 0.15) is 11.6 Å². The third-order valence-electron chi connectivity index (χ3n) is 5.00. The van der Waals surface area contributed by atoms with E-state index < -0.39 is 0 Å². The molecule has 0 spiro atoms. The summed E-state index contributed by atoms with van der Waals surface area (Å²) in [7, 11) is 1.75. The fourth-order valence-electron chi connectivity index (χ4n) is 3.34. The Morgan fingerprint density at radius 1 is 1.17 bits per heavy atom. The fraction of sp³-hybridized carbons (Fsp3) is 0.364. The summed E-state index contributed by atoms with van der Waals surface area (Å²) in [5.41, 5.74) is 3.12. The van der Waals surface area contributed by atoms with Gasteiger partial charge in [0.25, 0.3) is 0 Å². The molecule has 0 saturated carbocycles. The van der Waals surface area contributed by atoms with Crippen LogP contribution in [0.15, 0.2) is 47.7 Å². The highest BCUT2D eigenvalue weighted by Crippen LogP contribution is 2.19. The summed E-state index contributed by atoms with van der Waals surface area (Å²) in [6.45, 7) is 7.49. The fourth-order valence-corrected chi connectivity index (χ4v) is 3.34. The molecular weight excluding hydrogens is 367 g/mol. The summed E-state index contributed by atoms with van der Waals surface area (Å²) in [4.78, 5) is 14.2. The van der Waals surface area contributed by atoms with Crippen LogP contribution in [-0.4, -0.2) is 42.6 Å². The van der Waals surface area contributed by atoms with Crippen LogP contribution in [0.2, 0.25) is 0 Å². The molecule has 0 aliphatic heterocycles. The number of nitrogens with one attached hydrogen (secondary N) is 3. The molecule has 1 aromatic carbocycles. The lowest BCUT2D eigenvalue weighted by atomic mass is 10.1. The van der Waals surface area contributed by atoms with Gasteiger partial charge in [-0.1, -0.05) is 6.07 Å². The molecule has 0 bridgehead atoms. The van der Waals surface area contributed by atoms with Gasteiger partial charge in [0.15, 0.2) is 5.96 Å². The molecule has 154 valence electrons. The first kappa shape index (κ1) is 20.6. The van der Waals surface area contributed by atoms with Gasteiger partial charge in [-0.25, -0.2) is 9.37 Å². The van der Waals surface area contributed by atoms with E-state index in [1.54, 1.807) is 19.2 Å². The van der Waals surface area contributed by atoms with E-state index in [1.165, 1.54) is 6.07 Å². The summed E-state index contributed by atoms with van der Waals surface area (Å²) in [6.07, 6.45) is 4.60. The molecular formula is C22H29FN6. The largest absolute Gasteiger partial charge is 0.361 e. The zero-order chi connectivity index (χ0) is 20.6. The van der Waals surface area contributed by atoms with Gasteiger partial charge in [-0.2, -0.15) is 0 Å². The van der Waals surface area contributed by atoms with E-state index in [0.717, 1.165) is 53.3 Å². The average molecular weight is 397 g/mol. The molecule has 29 heavy (non-hydrogen) atoms. The molecule has 0 fully saturated rings. The number of pyridine rings is 1. The van der Waals surface area contributed by atoms with Crippen LogP contribution in [0.3, 0.4) is 0 Å². The van der Waals surface area contributed by atoms with Crippen LogP contribution in [0.25, 0.3) is 10.9 Å². The Hall–Kier alpha value is -3.09. The summed E-state index contributed by atoms with van der Waals surface area (Å²) in [5.74, 6) is 1.50. The van der Waals surface area contributed by atoms with Crippen molar-refractivity contribution in [3.63, 3.8) is 0 Å². The van der Waals surface area contributed by atoms with Crippen molar-refractivity contribution < 1.29 is 4.39 Å². The maximum Gasteiger partial charge on any atom is 0.191 e. The number of nitrogens with zero attached hydrogens (tertiary/aromatic N) is 3. The van der Waals surface area contributed by atoms with Crippen molar-refractivity contribution >= 4 is 22.7 Å². The minimum atomic E-state index is -0.218. The molecule has 2 heterocycles. The predicted octanol–water partition coefficient (Wildman–Crippen LogP) is 3.46. The maximum atomic E-state index is 13.5. The van der Waals surface area contributed by atoms with Crippen molar-refractivity contribution in [2.75, 3.05) is 31.6 Å². The minimum Gasteiger partial charge on any atom is -0.361 e. The van der Waals surface area contributed by atoms with Gasteiger partial charge in [-0.15, -0.1) is 0 Å². The Kier molecular flexibility index (Phi) is 7.05. The molecule has 0 aliphatic carbocycles. The Bertz CT molecular complexity index is 944. The van der Waals surface area contributed by atoms with Crippen molar-refractivity contribution in [3.8, 4) is 0 Å². The van der Waals surface area contributed by atoms with Crippen LogP contribution in [0, 0.1) is 5.82 Å². The first-order valence-corrected chi connectivity index (χ1v) is 10.0. The molecule has 0 radical (unpaired) electrons. The number of hydrogen-bond acceptors (Lipinski definition) is 3. The smallest absolute Gasteiger partial charge is 0.191 e. The van der Waals surface area contributed by atoms with Crippen LogP contribution >= 0.6 is 0 Å². The number of anilines is 1. The third-order valence-corrected chi connectivity index (χ3v) is 5.00. The Labute approximate surface area is 171 Å². The molecule has 0 unspecified atom stereocenters. The Morgan fingerprint density at radius 3 is 2.69 bits per heavy atom. The highest BCUT2D eigenvalue weighted by atomic mass is 19.1. The monoisotopic (exact) mass is 396 g/mol. The highest BCUT2D eigenvalue weighted by molar-refractivity contribution is 5.83. The van der Waals surface area contributed by atoms with Gasteiger partial charge in [0.05, 0.1) is 0 Å². The number of guanidine groups is 1. The zero-order valence-electron chi connectivity index (χ0n) is 17.3. The van der Waals surface area contributed by atoms with Gasteiger partial charge < -0.3 is 20.5 Å². The molecule has 7 heteroatoms. The van der Waals surface area contributed by atoms with Gasteiger partial charge in [0, 0.05) is 56.5 Å². The SMILES string of the molecule is CCN(CC)c1ccc(CNC(=NC)NCCc2c[nH]c3ccc(F)cc23)cn1. The lowest BCUT2D eigenvalue weighted by Crippen LogP contribution is -2.37. The van der Waals surface area contributed by atoms with E-state index in [4.69, 9.17) is 0 Å². The summed E-state index contributed by atoms with van der Waals surface area (Å²) >= 11 is 0. The van der Waals surface area contributed by atoms with Crippen molar-refractivity contribution in [1.29, 1.82) is 0 Å². The second kappa shape index (κ2) is 9.91. The average Bonchev–Trinajstić information content (AvgIpc) is 3.14. The quantitative estimate of drug-likeness (QED) is 0.403. The summed E-state index contributed by atoms with van der Waals surface area (Å²) in [6, 6.07) is 8.94. The molecule has 2 aromatic heterocycles. The number of hydrogen-bond donors (Lipinski definition) is 3. The third kappa shape index (κ3) is 5.25. The van der Waals surface area contributed by atoms with E-state index in [0.29, 0.717) is 13.1 Å².